The summed E-state index contributed by atoms with van der Waals surface area (Å²) in [5.74, 6) is -0.0203. The molecule has 1 atom stereocenters. The number of hydrogen-bond acceptors (Lipinski definition) is 3. The lowest BCUT2D eigenvalue weighted by molar-refractivity contribution is -0.116. The van der Waals surface area contributed by atoms with E-state index in [4.69, 9.17) is 5.73 Å². The molecule has 1 aromatic carbocycles. The molecule has 0 aliphatic rings. The van der Waals surface area contributed by atoms with Gasteiger partial charge in [0, 0.05) is 23.5 Å². The van der Waals surface area contributed by atoms with Crippen molar-refractivity contribution in [2.24, 2.45) is 5.73 Å². The maximum absolute atomic E-state index is 11.9. The fourth-order valence-corrected chi connectivity index (χ4v) is 1.92. The highest BCUT2D eigenvalue weighted by molar-refractivity contribution is 6.00. The molecule has 0 saturated heterocycles. The Hall–Kier alpha value is -1.94. The maximum atomic E-state index is 11.9. The van der Waals surface area contributed by atoms with Gasteiger partial charge in [0.2, 0.25) is 5.91 Å². The first kappa shape index (κ1) is 13.5. The molecule has 3 N–H and O–H groups in total. The number of nitrogens with one attached hydrogen (secondary N) is 1. The molecule has 100 valence electrons. The Balaban J connectivity index is 2.20. The first-order chi connectivity index (χ1) is 9.06. The Kier molecular flexibility index (Phi) is 4.12. The molecule has 0 spiro atoms. The summed E-state index contributed by atoms with van der Waals surface area (Å²) in [6, 6.07) is 9.79. The number of anilines is 1. The summed E-state index contributed by atoms with van der Waals surface area (Å²) in [4.78, 5) is 16.3. The minimum Gasteiger partial charge on any atom is -0.328 e. The third kappa shape index (κ3) is 3.51. The van der Waals surface area contributed by atoms with Gasteiger partial charge in [0.1, 0.15) is 0 Å². The second-order valence-electron chi connectivity index (χ2n) is 4.89. The quantitative estimate of drug-likeness (QED) is 0.884. The Morgan fingerprint density at radius 3 is 2.89 bits per heavy atom. The number of nitrogens with zero attached hydrogens (tertiary/aromatic N) is 1. The molecule has 1 aromatic heterocycles. The van der Waals surface area contributed by atoms with Crippen LogP contribution >= 0.6 is 0 Å². The maximum Gasteiger partial charge on any atom is 0.224 e. The van der Waals surface area contributed by atoms with E-state index in [2.05, 4.69) is 10.3 Å². The first-order valence-corrected chi connectivity index (χ1v) is 6.48. The Morgan fingerprint density at radius 2 is 2.16 bits per heavy atom. The molecule has 2 rings (SSSR count). The van der Waals surface area contributed by atoms with Crippen molar-refractivity contribution in [2.75, 3.05) is 5.32 Å². The van der Waals surface area contributed by atoms with E-state index in [-0.39, 0.29) is 11.9 Å². The average Bonchev–Trinajstić information content (AvgIpc) is 2.37. The van der Waals surface area contributed by atoms with Crippen LogP contribution in [-0.2, 0) is 4.79 Å². The second-order valence-corrected chi connectivity index (χ2v) is 4.89. The molecule has 4 heteroatoms. The van der Waals surface area contributed by atoms with Crippen molar-refractivity contribution in [3.8, 4) is 0 Å². The molecule has 0 saturated carbocycles. The van der Waals surface area contributed by atoms with Crippen molar-refractivity contribution in [3.05, 3.63) is 36.0 Å². The van der Waals surface area contributed by atoms with Crippen LogP contribution in [0.4, 0.5) is 5.69 Å². The number of nitrogens with two attached hydrogens (primary N) is 1. The molecular weight excluding hydrogens is 238 g/mol. The summed E-state index contributed by atoms with van der Waals surface area (Å²) in [5, 5.41) is 3.93. The molecular formula is C15H19N3O. The van der Waals surface area contributed by atoms with Crippen LogP contribution < -0.4 is 11.1 Å². The predicted molar refractivity (Wildman–Crippen MR) is 78.0 cm³/mol. The molecule has 19 heavy (non-hydrogen) atoms. The number of rotatable bonds is 4. The molecule has 2 aromatic rings. The van der Waals surface area contributed by atoms with Crippen molar-refractivity contribution in [2.45, 2.75) is 32.7 Å². The van der Waals surface area contributed by atoms with Crippen molar-refractivity contribution < 1.29 is 4.79 Å². The number of pyridine rings is 1. The van der Waals surface area contributed by atoms with E-state index in [0.717, 1.165) is 22.3 Å². The minimum absolute atomic E-state index is 0.0203. The third-order valence-electron chi connectivity index (χ3n) is 2.96. The number of aryl methyl sites for hydroxylation is 1. The Bertz CT molecular complexity index is 593. The van der Waals surface area contributed by atoms with Gasteiger partial charge in [0.25, 0.3) is 0 Å². The van der Waals surface area contributed by atoms with Gasteiger partial charge in [-0.05, 0) is 32.4 Å². The van der Waals surface area contributed by atoms with Crippen LogP contribution in [0.5, 0.6) is 0 Å². The fourth-order valence-electron chi connectivity index (χ4n) is 1.92. The molecule has 1 heterocycles. The van der Waals surface area contributed by atoms with E-state index in [9.17, 15) is 4.79 Å². The largest absolute Gasteiger partial charge is 0.328 e. The normalized spacial score (nSPS) is 12.4. The third-order valence-corrected chi connectivity index (χ3v) is 2.96. The highest BCUT2D eigenvalue weighted by Crippen LogP contribution is 2.21. The number of hydrogen-bond donors (Lipinski definition) is 2. The van der Waals surface area contributed by atoms with Gasteiger partial charge in [-0.3, -0.25) is 9.78 Å². The SMILES string of the molecule is Cc1ccc2cccc(NC(=O)CCC(C)N)c2n1. The Labute approximate surface area is 113 Å². The van der Waals surface area contributed by atoms with Gasteiger partial charge < -0.3 is 11.1 Å². The summed E-state index contributed by atoms with van der Waals surface area (Å²) in [6.45, 7) is 3.84. The van der Waals surface area contributed by atoms with Crippen molar-refractivity contribution in [1.82, 2.24) is 4.98 Å². The van der Waals surface area contributed by atoms with Crippen LogP contribution in [0.3, 0.4) is 0 Å². The van der Waals surface area contributed by atoms with Crippen LogP contribution in [0, 0.1) is 6.92 Å². The van der Waals surface area contributed by atoms with Crippen LogP contribution in [0.25, 0.3) is 10.9 Å². The van der Waals surface area contributed by atoms with Gasteiger partial charge in [-0.25, -0.2) is 0 Å². The molecule has 0 bridgehead atoms. The average molecular weight is 257 g/mol. The number of carbonyl (C=O) groups excluding carboxylic acids is 1. The van der Waals surface area contributed by atoms with Crippen LogP contribution in [0.2, 0.25) is 0 Å². The second kappa shape index (κ2) is 5.80. The number of para-hydroxylation sites is 1. The highest BCUT2D eigenvalue weighted by atomic mass is 16.1. The van der Waals surface area contributed by atoms with Crippen LogP contribution in [0.1, 0.15) is 25.5 Å². The molecule has 0 fully saturated rings. The van der Waals surface area contributed by atoms with E-state index in [1.54, 1.807) is 0 Å². The lowest BCUT2D eigenvalue weighted by atomic mass is 10.1. The van der Waals surface area contributed by atoms with E-state index >= 15 is 0 Å². The summed E-state index contributed by atoms with van der Waals surface area (Å²) < 4.78 is 0. The fraction of sp³-hybridized carbons (Fsp3) is 0.333. The molecule has 1 amide bonds. The molecule has 0 aliphatic carbocycles. The Morgan fingerprint density at radius 1 is 1.37 bits per heavy atom. The van der Waals surface area contributed by atoms with Gasteiger partial charge in [0.15, 0.2) is 0 Å². The number of benzene rings is 1. The van der Waals surface area contributed by atoms with Crippen molar-refractivity contribution in [3.63, 3.8) is 0 Å². The molecule has 0 aliphatic heterocycles. The summed E-state index contributed by atoms with van der Waals surface area (Å²) in [7, 11) is 0. The van der Waals surface area contributed by atoms with E-state index in [0.29, 0.717) is 12.8 Å². The first-order valence-electron chi connectivity index (χ1n) is 6.48. The summed E-state index contributed by atoms with van der Waals surface area (Å²) >= 11 is 0. The van der Waals surface area contributed by atoms with Gasteiger partial charge in [0.05, 0.1) is 11.2 Å². The van der Waals surface area contributed by atoms with Gasteiger partial charge in [-0.15, -0.1) is 0 Å². The zero-order valence-electron chi connectivity index (χ0n) is 11.3. The summed E-state index contributed by atoms with van der Waals surface area (Å²) in [6.07, 6.45) is 1.11. The standard InChI is InChI=1S/C15H19N3O/c1-10(16)6-9-14(19)18-13-5-3-4-12-8-7-11(2)17-15(12)13/h3-5,7-8,10H,6,9,16H2,1-2H3,(H,18,19). The number of aromatic nitrogens is 1. The zero-order chi connectivity index (χ0) is 13.8. The smallest absolute Gasteiger partial charge is 0.224 e. The lowest BCUT2D eigenvalue weighted by Crippen LogP contribution is -2.19. The topological polar surface area (TPSA) is 68.0 Å². The number of carbonyl (C=O) groups is 1. The van der Waals surface area contributed by atoms with Gasteiger partial charge >= 0.3 is 0 Å². The predicted octanol–water partition coefficient (Wildman–Crippen LogP) is 2.61. The van der Waals surface area contributed by atoms with Crippen LogP contribution in [0.15, 0.2) is 30.3 Å². The zero-order valence-corrected chi connectivity index (χ0v) is 11.3. The van der Waals surface area contributed by atoms with Gasteiger partial charge in [-0.2, -0.15) is 0 Å². The molecule has 4 nitrogen and oxygen atoms in total. The summed E-state index contributed by atoms with van der Waals surface area (Å²) in [5.41, 5.74) is 8.18. The molecule has 1 unspecified atom stereocenters. The monoisotopic (exact) mass is 257 g/mol. The van der Waals surface area contributed by atoms with E-state index in [1.165, 1.54) is 0 Å². The van der Waals surface area contributed by atoms with Crippen molar-refractivity contribution in [1.29, 1.82) is 0 Å². The van der Waals surface area contributed by atoms with E-state index < -0.39 is 0 Å². The number of fused-ring (bicyclic) bond motifs is 1. The number of amides is 1. The highest BCUT2D eigenvalue weighted by Gasteiger charge is 2.07. The van der Waals surface area contributed by atoms with Crippen LogP contribution in [-0.4, -0.2) is 16.9 Å². The lowest BCUT2D eigenvalue weighted by Gasteiger charge is -2.09. The minimum atomic E-state index is -0.0203. The van der Waals surface area contributed by atoms with Crippen molar-refractivity contribution >= 4 is 22.5 Å². The molecule has 0 radical (unpaired) electrons. The van der Waals surface area contributed by atoms with E-state index in [1.807, 2.05) is 44.2 Å². The van der Waals surface area contributed by atoms with Gasteiger partial charge in [-0.1, -0.05) is 18.2 Å².